The highest BCUT2D eigenvalue weighted by molar-refractivity contribution is 9.10. The molecule has 0 bridgehead atoms. The molecule has 0 saturated heterocycles. The van der Waals surface area contributed by atoms with Crippen LogP contribution in [0, 0.1) is 12.8 Å². The summed E-state index contributed by atoms with van der Waals surface area (Å²) in [6, 6.07) is 5.56. The number of carbonyl (C=O) groups is 1. The number of benzene rings is 1. The number of hydroxylamine groups is 1. The number of amidine groups is 2. The van der Waals surface area contributed by atoms with Crippen molar-refractivity contribution in [3.63, 3.8) is 0 Å². The van der Waals surface area contributed by atoms with Crippen molar-refractivity contribution in [2.75, 3.05) is 11.9 Å². The van der Waals surface area contributed by atoms with Gasteiger partial charge in [-0.15, -0.1) is 0 Å². The lowest BCUT2D eigenvalue weighted by atomic mass is 9.83. The monoisotopic (exact) mass is 505 g/mol. The van der Waals surface area contributed by atoms with Gasteiger partial charge in [-0.05, 0) is 66.5 Å². The Labute approximate surface area is 194 Å². The SMILES string of the molecule is Cc1ccc(N=C(NO)c2nonc2NCCCCC(N)=NC(=O)CC2CCC2)cc1Br. The number of halogens is 1. The standard InChI is InChI=1S/C21H28BrN7O3/c1-13-8-9-15(12-16(13)22)25-21(27-31)19-20(29-32-28-19)24-10-3-2-7-17(23)26-18(30)11-14-5-4-6-14/h8-9,12,14,31H,2-7,10-11H2,1H3,(H,24,29)(H,25,27)(H2,23,26,30). The van der Waals surface area contributed by atoms with Gasteiger partial charge in [0.1, 0.15) is 5.84 Å². The molecule has 10 nitrogen and oxygen atoms in total. The molecule has 1 heterocycles. The summed E-state index contributed by atoms with van der Waals surface area (Å²) in [4.78, 5) is 20.2. The van der Waals surface area contributed by atoms with Crippen molar-refractivity contribution < 1.29 is 14.6 Å². The minimum Gasteiger partial charge on any atom is -0.387 e. The van der Waals surface area contributed by atoms with Crippen molar-refractivity contribution in [1.29, 1.82) is 0 Å². The van der Waals surface area contributed by atoms with E-state index in [2.05, 4.69) is 47.0 Å². The Bertz CT molecular complexity index is 986. The Balaban J connectivity index is 1.48. The second-order valence-electron chi connectivity index (χ2n) is 7.85. The predicted octanol–water partition coefficient (Wildman–Crippen LogP) is 3.85. The first-order chi connectivity index (χ1) is 15.5. The third-order valence-corrected chi connectivity index (χ3v) is 6.18. The number of aryl methyl sites for hydroxylation is 1. The molecule has 1 aliphatic carbocycles. The number of anilines is 1. The van der Waals surface area contributed by atoms with Crippen LogP contribution in [0.1, 0.15) is 56.2 Å². The number of carbonyl (C=O) groups excluding carboxylic acids is 1. The molecular weight excluding hydrogens is 478 g/mol. The highest BCUT2D eigenvalue weighted by atomic mass is 79.9. The lowest BCUT2D eigenvalue weighted by Gasteiger charge is -2.23. The summed E-state index contributed by atoms with van der Waals surface area (Å²) in [5.41, 5.74) is 9.88. The number of hydrogen-bond donors (Lipinski definition) is 4. The number of unbranched alkanes of at least 4 members (excludes halogenated alkanes) is 1. The Morgan fingerprint density at radius 1 is 1.34 bits per heavy atom. The van der Waals surface area contributed by atoms with Crippen molar-refractivity contribution in [2.45, 2.75) is 51.9 Å². The van der Waals surface area contributed by atoms with E-state index in [0.29, 0.717) is 42.6 Å². The van der Waals surface area contributed by atoms with Crippen molar-refractivity contribution in [1.82, 2.24) is 15.8 Å². The minimum atomic E-state index is -0.118. The summed E-state index contributed by atoms with van der Waals surface area (Å²) in [7, 11) is 0. The summed E-state index contributed by atoms with van der Waals surface area (Å²) in [6.07, 6.45) is 6.03. The fourth-order valence-corrected chi connectivity index (χ4v) is 3.58. The van der Waals surface area contributed by atoms with E-state index < -0.39 is 0 Å². The average Bonchev–Trinajstić information content (AvgIpc) is 3.19. The first-order valence-corrected chi connectivity index (χ1v) is 11.4. The van der Waals surface area contributed by atoms with E-state index in [9.17, 15) is 10.0 Å². The molecular formula is C21H28BrN7O3. The molecule has 1 aliphatic rings. The molecule has 0 spiro atoms. The van der Waals surface area contributed by atoms with Crippen molar-refractivity contribution in [2.24, 2.45) is 21.6 Å². The van der Waals surface area contributed by atoms with Gasteiger partial charge in [-0.3, -0.25) is 15.5 Å². The molecule has 3 rings (SSSR count). The Hall–Kier alpha value is -2.79. The van der Waals surface area contributed by atoms with E-state index in [0.717, 1.165) is 35.7 Å². The maximum absolute atomic E-state index is 11.9. The zero-order valence-electron chi connectivity index (χ0n) is 18.0. The fourth-order valence-electron chi connectivity index (χ4n) is 3.21. The number of nitrogens with two attached hydrogens (primary N) is 1. The molecule has 1 aromatic heterocycles. The first-order valence-electron chi connectivity index (χ1n) is 10.6. The maximum atomic E-state index is 11.9. The lowest BCUT2D eigenvalue weighted by molar-refractivity contribution is -0.119. The van der Waals surface area contributed by atoms with Crippen LogP contribution in [0.4, 0.5) is 11.5 Å². The quantitative estimate of drug-likeness (QED) is 0.164. The van der Waals surface area contributed by atoms with E-state index in [4.69, 9.17) is 10.4 Å². The molecule has 172 valence electrons. The van der Waals surface area contributed by atoms with Crippen LogP contribution in [-0.4, -0.2) is 39.6 Å². The fraction of sp³-hybridized carbons (Fsp3) is 0.476. The molecule has 32 heavy (non-hydrogen) atoms. The summed E-state index contributed by atoms with van der Waals surface area (Å²) < 4.78 is 5.72. The van der Waals surface area contributed by atoms with Crippen LogP contribution >= 0.6 is 15.9 Å². The number of nitrogens with zero attached hydrogens (tertiary/aromatic N) is 4. The Morgan fingerprint density at radius 3 is 2.84 bits per heavy atom. The molecule has 0 unspecified atom stereocenters. The van der Waals surface area contributed by atoms with Crippen LogP contribution in [0.5, 0.6) is 0 Å². The molecule has 1 fully saturated rings. The van der Waals surface area contributed by atoms with Gasteiger partial charge in [0, 0.05) is 23.9 Å². The number of rotatable bonds is 10. The largest absolute Gasteiger partial charge is 0.387 e. The van der Waals surface area contributed by atoms with Gasteiger partial charge < -0.3 is 11.1 Å². The van der Waals surface area contributed by atoms with Gasteiger partial charge in [0.25, 0.3) is 0 Å². The van der Waals surface area contributed by atoms with Gasteiger partial charge in [-0.25, -0.2) is 14.6 Å². The third-order valence-electron chi connectivity index (χ3n) is 5.32. The molecule has 5 N–H and O–H groups in total. The molecule has 0 radical (unpaired) electrons. The van der Waals surface area contributed by atoms with E-state index >= 15 is 0 Å². The Morgan fingerprint density at radius 2 is 2.16 bits per heavy atom. The lowest BCUT2D eigenvalue weighted by Crippen LogP contribution is -2.22. The first kappa shape index (κ1) is 23.9. The van der Waals surface area contributed by atoms with Crippen LogP contribution in [-0.2, 0) is 4.79 Å². The second kappa shape index (κ2) is 11.7. The molecule has 11 heteroatoms. The minimum absolute atomic E-state index is 0.103. The number of aromatic nitrogens is 2. The molecule has 1 amide bonds. The van der Waals surface area contributed by atoms with Gasteiger partial charge >= 0.3 is 0 Å². The Kier molecular flexibility index (Phi) is 8.74. The van der Waals surface area contributed by atoms with Crippen LogP contribution < -0.4 is 16.5 Å². The summed E-state index contributed by atoms with van der Waals surface area (Å²) in [5.74, 6) is 1.20. The highest BCUT2D eigenvalue weighted by Gasteiger charge is 2.20. The molecule has 1 aromatic carbocycles. The van der Waals surface area contributed by atoms with Gasteiger partial charge in [-0.2, -0.15) is 0 Å². The molecule has 2 aromatic rings. The van der Waals surface area contributed by atoms with Gasteiger partial charge in [0.15, 0.2) is 11.5 Å². The highest BCUT2D eigenvalue weighted by Crippen LogP contribution is 2.29. The van der Waals surface area contributed by atoms with Crippen LogP contribution in [0.25, 0.3) is 0 Å². The number of amides is 1. The van der Waals surface area contributed by atoms with Gasteiger partial charge in [0.2, 0.25) is 11.7 Å². The van der Waals surface area contributed by atoms with E-state index in [-0.39, 0.29) is 17.4 Å². The number of hydrogen-bond acceptors (Lipinski definition) is 7. The van der Waals surface area contributed by atoms with Crippen LogP contribution in [0.3, 0.4) is 0 Å². The van der Waals surface area contributed by atoms with Gasteiger partial charge in [-0.1, -0.05) is 28.4 Å². The smallest absolute Gasteiger partial charge is 0.247 e. The van der Waals surface area contributed by atoms with Gasteiger partial charge in [0.05, 0.1) is 5.69 Å². The summed E-state index contributed by atoms with van der Waals surface area (Å²) >= 11 is 3.46. The normalized spacial score (nSPS) is 14.8. The third kappa shape index (κ3) is 6.86. The maximum Gasteiger partial charge on any atom is 0.247 e. The number of aliphatic imine (C=N–C) groups is 2. The van der Waals surface area contributed by atoms with Crippen LogP contribution in [0.15, 0.2) is 37.3 Å². The number of nitrogens with one attached hydrogen (secondary N) is 2. The van der Waals surface area contributed by atoms with E-state index in [1.165, 1.54) is 6.42 Å². The predicted molar refractivity (Wildman–Crippen MR) is 125 cm³/mol. The van der Waals surface area contributed by atoms with E-state index in [1.54, 1.807) is 0 Å². The average molecular weight is 506 g/mol. The van der Waals surface area contributed by atoms with Crippen LogP contribution in [0.2, 0.25) is 0 Å². The van der Waals surface area contributed by atoms with Crippen molar-refractivity contribution in [3.05, 3.63) is 33.9 Å². The summed E-state index contributed by atoms with van der Waals surface area (Å²) in [6.45, 7) is 2.54. The molecule has 0 atom stereocenters. The van der Waals surface area contributed by atoms with E-state index in [1.807, 2.05) is 25.1 Å². The zero-order chi connectivity index (χ0) is 22.9. The molecule has 0 aliphatic heterocycles. The van der Waals surface area contributed by atoms with Crippen molar-refractivity contribution >= 4 is 45.0 Å². The summed E-state index contributed by atoms with van der Waals surface area (Å²) in [5, 5.41) is 20.3. The topological polar surface area (TPSA) is 151 Å². The molecule has 1 saturated carbocycles. The van der Waals surface area contributed by atoms with Crippen molar-refractivity contribution in [3.8, 4) is 0 Å². The second-order valence-corrected chi connectivity index (χ2v) is 8.70. The zero-order valence-corrected chi connectivity index (χ0v) is 19.6.